The van der Waals surface area contributed by atoms with Gasteiger partial charge in [0.1, 0.15) is 23.7 Å². The largest absolute Gasteiger partial charge is 0.489 e. The van der Waals surface area contributed by atoms with E-state index < -0.39 is 11.6 Å². The zero-order chi connectivity index (χ0) is 24.4. The van der Waals surface area contributed by atoms with Crippen molar-refractivity contribution in [2.45, 2.75) is 20.5 Å². The van der Waals surface area contributed by atoms with Crippen LogP contribution in [-0.4, -0.2) is 11.0 Å². The molecule has 0 amide bonds. The van der Waals surface area contributed by atoms with E-state index in [1.807, 2.05) is 42.5 Å². The summed E-state index contributed by atoms with van der Waals surface area (Å²) in [4.78, 5) is 29.1. The summed E-state index contributed by atoms with van der Waals surface area (Å²) < 4.78 is 23.0. The number of ether oxygens (including phenoxy) is 2. The molecule has 7 heteroatoms. The molecule has 0 bridgehead atoms. The zero-order valence-corrected chi connectivity index (χ0v) is 19.1. The lowest BCUT2D eigenvalue weighted by molar-refractivity contribution is 0.0731. The number of hydrogen-bond donors (Lipinski definition) is 0. The molecule has 5 rings (SSSR count). The molecule has 0 N–H and O–H groups in total. The molecule has 0 unspecified atom stereocenters. The second-order valence-corrected chi connectivity index (χ2v) is 8.01. The second-order valence-electron chi connectivity index (χ2n) is 8.01. The Hall–Kier alpha value is -4.65. The molecule has 0 aliphatic carbocycles. The lowest BCUT2D eigenvalue weighted by Crippen LogP contribution is -2.15. The number of fused-ring (bicyclic) bond motifs is 1. The molecule has 0 aliphatic heterocycles. The Morgan fingerprint density at radius 1 is 0.914 bits per heavy atom. The van der Waals surface area contributed by atoms with Crippen LogP contribution in [0.5, 0.6) is 11.5 Å². The minimum Gasteiger partial charge on any atom is -0.489 e. The highest BCUT2D eigenvalue weighted by atomic mass is 16.5. The minimum atomic E-state index is -0.615. The van der Waals surface area contributed by atoms with Crippen LogP contribution in [0.15, 0.2) is 92.8 Å². The van der Waals surface area contributed by atoms with Gasteiger partial charge < -0.3 is 18.3 Å². The van der Waals surface area contributed by atoms with Crippen LogP contribution in [0.3, 0.4) is 0 Å². The summed E-state index contributed by atoms with van der Waals surface area (Å²) >= 11 is 0. The van der Waals surface area contributed by atoms with Crippen molar-refractivity contribution in [3.8, 4) is 23.0 Å². The normalized spacial score (nSPS) is 10.9. The number of rotatable bonds is 6. The number of benzene rings is 2. The van der Waals surface area contributed by atoms with Crippen LogP contribution in [0.2, 0.25) is 0 Å². The number of hydrogen-bond acceptors (Lipinski definition) is 7. The molecule has 0 aliphatic rings. The van der Waals surface area contributed by atoms with E-state index in [2.05, 4.69) is 4.98 Å². The fraction of sp³-hybridized carbons (Fsp3) is 0.107. The number of pyridine rings is 1. The molecule has 0 fully saturated rings. The molecule has 2 aromatic carbocycles. The zero-order valence-electron chi connectivity index (χ0n) is 19.1. The molecule has 7 nitrogen and oxygen atoms in total. The van der Waals surface area contributed by atoms with Crippen molar-refractivity contribution in [1.29, 1.82) is 0 Å². The number of carbonyl (C=O) groups is 1. The van der Waals surface area contributed by atoms with E-state index in [1.165, 1.54) is 24.5 Å². The first kappa shape index (κ1) is 22.2. The number of nitrogens with zero attached hydrogens (tertiary/aromatic N) is 1. The maximum absolute atomic E-state index is 12.6. The molecule has 0 atom stereocenters. The van der Waals surface area contributed by atoms with E-state index >= 15 is 0 Å². The van der Waals surface area contributed by atoms with Crippen molar-refractivity contribution in [3.05, 3.63) is 112 Å². The molecule has 3 heterocycles. The van der Waals surface area contributed by atoms with Gasteiger partial charge in [-0.15, -0.1) is 0 Å². The van der Waals surface area contributed by atoms with Crippen LogP contribution < -0.4 is 15.1 Å². The van der Waals surface area contributed by atoms with Gasteiger partial charge >= 0.3 is 11.6 Å². The van der Waals surface area contributed by atoms with Gasteiger partial charge in [-0.25, -0.2) is 9.59 Å². The molecule has 0 spiro atoms. The Kier molecular flexibility index (Phi) is 5.89. The molecule has 5 aromatic rings. The quantitative estimate of drug-likeness (QED) is 0.289. The van der Waals surface area contributed by atoms with E-state index in [9.17, 15) is 9.59 Å². The van der Waals surface area contributed by atoms with Crippen LogP contribution >= 0.6 is 0 Å². The van der Waals surface area contributed by atoms with Crippen molar-refractivity contribution in [3.63, 3.8) is 0 Å². The predicted molar refractivity (Wildman–Crippen MR) is 130 cm³/mol. The third-order valence-electron chi connectivity index (χ3n) is 5.59. The Bertz CT molecular complexity index is 1570. The van der Waals surface area contributed by atoms with E-state index in [4.69, 9.17) is 18.3 Å². The van der Waals surface area contributed by atoms with Gasteiger partial charge in [0, 0.05) is 23.3 Å². The summed E-state index contributed by atoms with van der Waals surface area (Å²) in [7, 11) is 0. The van der Waals surface area contributed by atoms with Crippen molar-refractivity contribution < 1.29 is 23.1 Å². The minimum absolute atomic E-state index is 0.144. The highest BCUT2D eigenvalue weighted by Crippen LogP contribution is 2.35. The molecular formula is C28H21NO6. The maximum atomic E-state index is 12.6. The third kappa shape index (κ3) is 4.56. The van der Waals surface area contributed by atoms with Crippen molar-refractivity contribution >= 4 is 16.9 Å². The molecule has 0 saturated heterocycles. The van der Waals surface area contributed by atoms with Gasteiger partial charge in [0.05, 0.1) is 11.1 Å². The topological polar surface area (TPSA) is 91.8 Å². The monoisotopic (exact) mass is 467 g/mol. The van der Waals surface area contributed by atoms with Crippen molar-refractivity contribution in [2.75, 3.05) is 0 Å². The van der Waals surface area contributed by atoms with E-state index in [1.54, 1.807) is 26.0 Å². The average molecular weight is 467 g/mol. The van der Waals surface area contributed by atoms with Gasteiger partial charge in [0.15, 0.2) is 11.5 Å². The Morgan fingerprint density at radius 2 is 1.69 bits per heavy atom. The molecule has 35 heavy (non-hydrogen) atoms. The third-order valence-corrected chi connectivity index (χ3v) is 5.59. The fourth-order valence-corrected chi connectivity index (χ4v) is 3.71. The molecular weight excluding hydrogens is 446 g/mol. The highest BCUT2D eigenvalue weighted by molar-refractivity contribution is 5.91. The number of esters is 1. The maximum Gasteiger partial charge on any atom is 0.343 e. The predicted octanol–water partition coefficient (Wildman–Crippen LogP) is 5.86. The lowest BCUT2D eigenvalue weighted by atomic mass is 10.1. The number of aromatic nitrogens is 1. The summed E-state index contributed by atoms with van der Waals surface area (Å²) in [6.45, 7) is 3.70. The first-order valence-corrected chi connectivity index (χ1v) is 11.0. The summed E-state index contributed by atoms with van der Waals surface area (Å²) in [5, 5.41) is 0.781. The Morgan fingerprint density at radius 3 is 2.46 bits per heavy atom. The van der Waals surface area contributed by atoms with E-state index in [0.29, 0.717) is 34.8 Å². The molecule has 0 radical (unpaired) electrons. The van der Waals surface area contributed by atoms with Crippen LogP contribution in [0, 0.1) is 13.8 Å². The van der Waals surface area contributed by atoms with E-state index in [-0.39, 0.29) is 17.1 Å². The Balaban J connectivity index is 1.46. The first-order chi connectivity index (χ1) is 17.0. The van der Waals surface area contributed by atoms with Gasteiger partial charge in [-0.1, -0.05) is 30.3 Å². The Labute approximate surface area is 200 Å². The SMILES string of the molecule is Cc1c(-c2cc3cc(OCc4ccccc4)ccc3o2)oc(=O)c(C)c1OC(=O)c1ccncc1. The van der Waals surface area contributed by atoms with Gasteiger partial charge in [-0.2, -0.15) is 0 Å². The summed E-state index contributed by atoms with van der Waals surface area (Å²) in [6.07, 6.45) is 2.99. The van der Waals surface area contributed by atoms with Crippen molar-refractivity contribution in [2.24, 2.45) is 0 Å². The average Bonchev–Trinajstić information content (AvgIpc) is 3.31. The van der Waals surface area contributed by atoms with Gasteiger partial charge in [0.25, 0.3) is 0 Å². The van der Waals surface area contributed by atoms with Gasteiger partial charge in [-0.05, 0) is 55.8 Å². The van der Waals surface area contributed by atoms with Crippen LogP contribution in [0.4, 0.5) is 0 Å². The molecule has 3 aromatic heterocycles. The molecule has 174 valence electrons. The van der Waals surface area contributed by atoms with Crippen LogP contribution in [0.25, 0.3) is 22.5 Å². The van der Waals surface area contributed by atoms with Crippen LogP contribution in [0.1, 0.15) is 27.0 Å². The first-order valence-electron chi connectivity index (χ1n) is 11.0. The van der Waals surface area contributed by atoms with Crippen LogP contribution in [-0.2, 0) is 6.61 Å². The molecule has 0 saturated carbocycles. The second kappa shape index (κ2) is 9.30. The highest BCUT2D eigenvalue weighted by Gasteiger charge is 2.22. The smallest absolute Gasteiger partial charge is 0.343 e. The summed E-state index contributed by atoms with van der Waals surface area (Å²) in [5.74, 6) is 0.769. The van der Waals surface area contributed by atoms with Crippen molar-refractivity contribution in [1.82, 2.24) is 4.98 Å². The summed E-state index contributed by atoms with van der Waals surface area (Å²) in [5.41, 5.74) is 2.04. The number of furan rings is 1. The summed E-state index contributed by atoms with van der Waals surface area (Å²) in [6, 6.07) is 20.2. The number of carbonyl (C=O) groups excluding carboxylic acids is 1. The fourth-order valence-electron chi connectivity index (χ4n) is 3.71. The standard InChI is InChI=1S/C28H21NO6/c1-17-25(34-28(31)20-10-12-29-13-11-20)18(2)27(30)35-26(17)24-15-21-14-22(8-9-23(21)33-24)32-16-19-6-4-3-5-7-19/h3-15H,16H2,1-2H3. The van der Waals surface area contributed by atoms with E-state index in [0.717, 1.165) is 10.9 Å². The van der Waals surface area contributed by atoms with Gasteiger partial charge in [-0.3, -0.25) is 4.98 Å². The lowest BCUT2D eigenvalue weighted by Gasteiger charge is -2.11. The van der Waals surface area contributed by atoms with Gasteiger partial charge in [0.2, 0.25) is 0 Å².